The molecule has 1 fully saturated rings. The van der Waals surface area contributed by atoms with Gasteiger partial charge in [-0.1, -0.05) is 56.0 Å². The molecular formula is C22H24Cl2N2O2S. The molecule has 1 saturated heterocycles. The minimum atomic E-state index is -0.0209. The Bertz CT molecular complexity index is 916. The van der Waals surface area contributed by atoms with Crippen LogP contribution >= 0.6 is 35.0 Å². The highest BCUT2D eigenvalue weighted by Gasteiger charge is 2.33. The quantitative estimate of drug-likeness (QED) is 0.317. The van der Waals surface area contributed by atoms with Crippen molar-refractivity contribution in [3.8, 4) is 11.3 Å². The van der Waals surface area contributed by atoms with Crippen LogP contribution in [0.4, 0.5) is 0 Å². The molecule has 0 bridgehead atoms. The summed E-state index contributed by atoms with van der Waals surface area (Å²) in [6.45, 7) is 5.66. The van der Waals surface area contributed by atoms with Gasteiger partial charge in [-0.3, -0.25) is 14.7 Å². The summed E-state index contributed by atoms with van der Waals surface area (Å²) in [5, 5.41) is 1.82. The lowest BCUT2D eigenvalue weighted by Crippen LogP contribution is -2.30. The molecule has 4 nitrogen and oxygen atoms in total. The molecule has 1 aliphatic heterocycles. The molecule has 0 spiro atoms. The van der Waals surface area contributed by atoms with E-state index in [0.29, 0.717) is 38.6 Å². The molecule has 7 heteroatoms. The first kappa shape index (κ1) is 22.0. The fraction of sp³-hybridized carbons (Fsp3) is 0.364. The van der Waals surface area contributed by atoms with E-state index < -0.39 is 0 Å². The fourth-order valence-electron chi connectivity index (χ4n) is 2.90. The minimum absolute atomic E-state index is 0.0209. The third-order valence-electron chi connectivity index (χ3n) is 4.49. The molecule has 1 aliphatic rings. The average molecular weight is 451 g/mol. The molecule has 2 heterocycles. The van der Waals surface area contributed by atoms with E-state index in [1.165, 1.54) is 11.8 Å². The summed E-state index contributed by atoms with van der Waals surface area (Å²) in [5.41, 5.74) is 0.650. The molecule has 0 radical (unpaired) electrons. The predicted molar refractivity (Wildman–Crippen MR) is 124 cm³/mol. The first-order valence-electron chi connectivity index (χ1n) is 9.85. The van der Waals surface area contributed by atoms with E-state index in [1.54, 1.807) is 29.2 Å². The zero-order chi connectivity index (χ0) is 20.8. The lowest BCUT2D eigenvalue weighted by molar-refractivity contribution is -0.122. The molecule has 0 N–H and O–H groups in total. The number of carbonyl (C=O) groups excluding carboxylic acids is 1. The summed E-state index contributed by atoms with van der Waals surface area (Å²) < 4.78 is 5.92. The summed E-state index contributed by atoms with van der Waals surface area (Å²) in [6, 6.07) is 8.96. The van der Waals surface area contributed by atoms with E-state index in [-0.39, 0.29) is 5.91 Å². The molecular weight excluding hydrogens is 427 g/mol. The van der Waals surface area contributed by atoms with Crippen molar-refractivity contribution in [2.24, 2.45) is 4.99 Å². The highest BCUT2D eigenvalue weighted by Crippen LogP contribution is 2.37. The molecule has 1 amide bonds. The second-order valence-electron chi connectivity index (χ2n) is 6.74. The van der Waals surface area contributed by atoms with Crippen molar-refractivity contribution in [1.29, 1.82) is 0 Å². The van der Waals surface area contributed by atoms with Crippen LogP contribution in [0.25, 0.3) is 17.4 Å². The zero-order valence-electron chi connectivity index (χ0n) is 16.6. The lowest BCUT2D eigenvalue weighted by Gasteiger charge is -2.14. The standard InChI is InChI=1S/C22H24Cl2N2O2S/c1-3-5-12-25-22-26(13-6-4-2)21(27)19(29-22)14-15-10-11-18(28-15)20-16(23)8-7-9-17(20)24/h7-11,14H,3-6,12-13H2,1-2H3. The van der Waals surface area contributed by atoms with Crippen molar-refractivity contribution >= 4 is 52.1 Å². The first-order valence-corrected chi connectivity index (χ1v) is 11.4. The number of carbonyl (C=O) groups is 1. The number of unbranched alkanes of at least 4 members (excludes halogenated alkanes) is 2. The highest BCUT2D eigenvalue weighted by molar-refractivity contribution is 8.18. The van der Waals surface area contributed by atoms with Crippen LogP contribution in [0.2, 0.25) is 10.0 Å². The third-order valence-corrected chi connectivity index (χ3v) is 6.17. The summed E-state index contributed by atoms with van der Waals surface area (Å²) in [6.07, 6.45) is 5.83. The van der Waals surface area contributed by atoms with E-state index in [9.17, 15) is 4.79 Å². The van der Waals surface area contributed by atoms with Crippen molar-refractivity contribution in [2.45, 2.75) is 39.5 Å². The van der Waals surface area contributed by atoms with E-state index in [0.717, 1.165) is 37.4 Å². The smallest absolute Gasteiger partial charge is 0.266 e. The van der Waals surface area contributed by atoms with Crippen LogP contribution < -0.4 is 0 Å². The van der Waals surface area contributed by atoms with Crippen LogP contribution in [0, 0.1) is 0 Å². The van der Waals surface area contributed by atoms with Crippen LogP contribution in [0.3, 0.4) is 0 Å². The Balaban J connectivity index is 1.85. The number of hydrogen-bond acceptors (Lipinski definition) is 4. The van der Waals surface area contributed by atoms with Gasteiger partial charge in [-0.05, 0) is 48.9 Å². The maximum atomic E-state index is 12.9. The minimum Gasteiger partial charge on any atom is -0.457 e. The number of benzene rings is 1. The molecule has 3 rings (SSSR count). The second kappa shape index (κ2) is 10.4. The van der Waals surface area contributed by atoms with Crippen LogP contribution in [0.15, 0.2) is 44.6 Å². The number of amidine groups is 1. The third kappa shape index (κ3) is 5.27. The number of halogens is 2. The lowest BCUT2D eigenvalue weighted by atomic mass is 10.2. The van der Waals surface area contributed by atoms with Gasteiger partial charge < -0.3 is 4.42 Å². The maximum absolute atomic E-state index is 12.9. The molecule has 0 unspecified atom stereocenters. The van der Waals surface area contributed by atoms with Crippen LogP contribution in [-0.4, -0.2) is 29.1 Å². The highest BCUT2D eigenvalue weighted by atomic mass is 35.5. The topological polar surface area (TPSA) is 45.8 Å². The summed E-state index contributed by atoms with van der Waals surface area (Å²) in [4.78, 5) is 20.0. The number of amides is 1. The van der Waals surface area contributed by atoms with E-state index >= 15 is 0 Å². The van der Waals surface area contributed by atoms with Gasteiger partial charge in [0.25, 0.3) is 5.91 Å². The van der Waals surface area contributed by atoms with E-state index in [4.69, 9.17) is 27.6 Å². The van der Waals surface area contributed by atoms with Crippen molar-refractivity contribution in [3.63, 3.8) is 0 Å². The van der Waals surface area contributed by atoms with E-state index in [2.05, 4.69) is 18.8 Å². The Morgan fingerprint density at radius 1 is 1.10 bits per heavy atom. The van der Waals surface area contributed by atoms with Gasteiger partial charge in [0.2, 0.25) is 0 Å². The maximum Gasteiger partial charge on any atom is 0.266 e. The Hall–Kier alpha value is -1.69. The van der Waals surface area contributed by atoms with Crippen LogP contribution in [0.5, 0.6) is 0 Å². The Labute approximate surface area is 186 Å². The number of hydrogen-bond donors (Lipinski definition) is 0. The normalized spacial score (nSPS) is 17.1. The summed E-state index contributed by atoms with van der Waals surface area (Å²) in [5.74, 6) is 1.13. The summed E-state index contributed by atoms with van der Waals surface area (Å²) >= 11 is 14.0. The molecule has 0 atom stereocenters. The second-order valence-corrected chi connectivity index (χ2v) is 8.56. The Morgan fingerprint density at radius 3 is 2.52 bits per heavy atom. The summed E-state index contributed by atoms with van der Waals surface area (Å²) in [7, 11) is 0. The van der Waals surface area contributed by atoms with E-state index in [1.807, 2.05) is 12.1 Å². The molecule has 2 aromatic rings. The van der Waals surface area contributed by atoms with Gasteiger partial charge in [0.15, 0.2) is 5.17 Å². The van der Waals surface area contributed by atoms with Gasteiger partial charge in [0, 0.05) is 19.2 Å². The van der Waals surface area contributed by atoms with Crippen molar-refractivity contribution < 1.29 is 9.21 Å². The van der Waals surface area contributed by atoms with Crippen LogP contribution in [0.1, 0.15) is 45.3 Å². The van der Waals surface area contributed by atoms with Crippen molar-refractivity contribution in [1.82, 2.24) is 4.90 Å². The van der Waals surface area contributed by atoms with Gasteiger partial charge >= 0.3 is 0 Å². The number of nitrogens with zero attached hydrogens (tertiary/aromatic N) is 2. The van der Waals surface area contributed by atoms with Crippen molar-refractivity contribution in [2.75, 3.05) is 13.1 Å². The monoisotopic (exact) mass is 450 g/mol. The van der Waals surface area contributed by atoms with Crippen LogP contribution in [-0.2, 0) is 4.79 Å². The van der Waals surface area contributed by atoms with Gasteiger partial charge in [0.1, 0.15) is 11.5 Å². The number of thioether (sulfide) groups is 1. The SMILES string of the molecule is CCCCN=C1SC(=Cc2ccc(-c3c(Cl)cccc3Cl)o2)C(=O)N1CCCC. The predicted octanol–water partition coefficient (Wildman–Crippen LogP) is 7.13. The average Bonchev–Trinajstić information content (AvgIpc) is 3.26. The van der Waals surface area contributed by atoms with Gasteiger partial charge in [0.05, 0.1) is 20.5 Å². The zero-order valence-corrected chi connectivity index (χ0v) is 18.9. The molecule has 1 aromatic carbocycles. The van der Waals surface area contributed by atoms with Gasteiger partial charge in [-0.15, -0.1) is 0 Å². The first-order chi connectivity index (χ1) is 14.0. The molecule has 0 saturated carbocycles. The Kier molecular flexibility index (Phi) is 7.87. The molecule has 0 aliphatic carbocycles. The fourth-order valence-corrected chi connectivity index (χ4v) is 4.49. The molecule has 154 valence electrons. The largest absolute Gasteiger partial charge is 0.457 e. The molecule has 1 aromatic heterocycles. The van der Waals surface area contributed by atoms with Crippen molar-refractivity contribution in [3.05, 3.63) is 51.0 Å². The number of rotatable bonds is 8. The van der Waals surface area contributed by atoms with Gasteiger partial charge in [-0.25, -0.2) is 0 Å². The van der Waals surface area contributed by atoms with Gasteiger partial charge in [-0.2, -0.15) is 0 Å². The number of furan rings is 1. The Morgan fingerprint density at radius 2 is 1.83 bits per heavy atom. The molecule has 29 heavy (non-hydrogen) atoms. The number of aliphatic imine (C=N–C) groups is 1.